The molecule has 26 heavy (non-hydrogen) atoms. The lowest BCUT2D eigenvalue weighted by atomic mass is 10.1. The highest BCUT2D eigenvalue weighted by atomic mass is 35.5. The first-order chi connectivity index (χ1) is 12.3. The molecule has 5 nitrogen and oxygen atoms in total. The molecule has 1 N–H and O–H groups in total. The summed E-state index contributed by atoms with van der Waals surface area (Å²) in [5.41, 5.74) is 1.22. The summed E-state index contributed by atoms with van der Waals surface area (Å²) in [5.74, 6) is -0.407. The number of carbonyl (C=O) groups excluding carboxylic acids is 1. The number of carbonyl (C=O) groups is 1. The van der Waals surface area contributed by atoms with Gasteiger partial charge in [-0.25, -0.2) is 8.42 Å². The first-order valence-electron chi connectivity index (χ1n) is 7.80. The van der Waals surface area contributed by atoms with Crippen molar-refractivity contribution in [2.45, 2.75) is 0 Å². The number of halogens is 1. The van der Waals surface area contributed by atoms with Crippen LogP contribution in [0, 0.1) is 0 Å². The van der Waals surface area contributed by atoms with Crippen molar-refractivity contribution in [3.8, 4) is 0 Å². The van der Waals surface area contributed by atoms with E-state index >= 15 is 0 Å². The van der Waals surface area contributed by atoms with Gasteiger partial charge in [0.15, 0.2) is 0 Å². The summed E-state index contributed by atoms with van der Waals surface area (Å²) in [5, 5.41) is 5.01. The zero-order chi connectivity index (χ0) is 18.9. The highest BCUT2D eigenvalue weighted by molar-refractivity contribution is 7.92. The minimum absolute atomic E-state index is 0.201. The number of anilines is 2. The normalized spacial score (nSPS) is 11.3. The molecule has 0 saturated carbocycles. The van der Waals surface area contributed by atoms with Gasteiger partial charge in [-0.05, 0) is 29.7 Å². The van der Waals surface area contributed by atoms with Crippen molar-refractivity contribution < 1.29 is 13.2 Å². The van der Waals surface area contributed by atoms with Crippen LogP contribution in [0.15, 0.2) is 60.7 Å². The fourth-order valence-corrected chi connectivity index (χ4v) is 3.30. The Morgan fingerprint density at radius 2 is 1.73 bits per heavy atom. The van der Waals surface area contributed by atoms with Gasteiger partial charge < -0.3 is 5.32 Å². The second-order valence-corrected chi connectivity index (χ2v) is 8.30. The molecule has 3 rings (SSSR count). The monoisotopic (exact) mass is 388 g/mol. The van der Waals surface area contributed by atoms with Gasteiger partial charge in [0.05, 0.1) is 22.5 Å². The maximum Gasteiger partial charge on any atom is 0.257 e. The lowest BCUT2D eigenvalue weighted by molar-refractivity contribution is 0.102. The number of rotatable bonds is 4. The molecule has 0 saturated heterocycles. The molecule has 0 atom stereocenters. The van der Waals surface area contributed by atoms with Crippen LogP contribution in [0.1, 0.15) is 10.4 Å². The first-order valence-corrected chi connectivity index (χ1v) is 10.0. The largest absolute Gasteiger partial charge is 0.321 e. The average molecular weight is 389 g/mol. The highest BCUT2D eigenvalue weighted by Crippen LogP contribution is 2.27. The molecule has 0 aliphatic carbocycles. The van der Waals surface area contributed by atoms with Crippen molar-refractivity contribution in [2.75, 3.05) is 22.9 Å². The summed E-state index contributed by atoms with van der Waals surface area (Å²) < 4.78 is 24.6. The summed E-state index contributed by atoms with van der Waals surface area (Å²) in [4.78, 5) is 12.7. The summed E-state index contributed by atoms with van der Waals surface area (Å²) in [6.07, 6.45) is 1.09. The van der Waals surface area contributed by atoms with Crippen LogP contribution in [0.2, 0.25) is 5.02 Å². The Balaban J connectivity index is 1.97. The summed E-state index contributed by atoms with van der Waals surface area (Å²) in [6.45, 7) is 0. The van der Waals surface area contributed by atoms with Crippen LogP contribution in [0.5, 0.6) is 0 Å². The standard InChI is InChI=1S/C19H17ClN2O3S/c1-22(26(2,24)25)14-10-11-17(20)16(12-14)19(23)21-18-9-5-7-13-6-3-4-8-15(13)18/h3-12H,1-2H3,(H,21,23). The van der Waals surface area contributed by atoms with Gasteiger partial charge in [0.25, 0.3) is 5.91 Å². The second kappa shape index (κ2) is 6.97. The van der Waals surface area contributed by atoms with E-state index in [-0.39, 0.29) is 10.6 Å². The van der Waals surface area contributed by atoms with Gasteiger partial charge in [0.1, 0.15) is 0 Å². The van der Waals surface area contributed by atoms with Crippen LogP contribution in [-0.4, -0.2) is 27.6 Å². The molecule has 0 radical (unpaired) electrons. The van der Waals surface area contributed by atoms with Crippen LogP contribution in [-0.2, 0) is 10.0 Å². The van der Waals surface area contributed by atoms with Gasteiger partial charge in [-0.1, -0.05) is 48.0 Å². The molecule has 3 aromatic carbocycles. The molecule has 0 unspecified atom stereocenters. The molecule has 0 spiro atoms. The van der Waals surface area contributed by atoms with E-state index < -0.39 is 15.9 Å². The number of nitrogens with one attached hydrogen (secondary N) is 1. The third-order valence-corrected chi connectivity index (χ3v) is 5.63. The zero-order valence-electron chi connectivity index (χ0n) is 14.2. The number of sulfonamides is 1. The van der Waals surface area contributed by atoms with E-state index in [0.717, 1.165) is 21.3 Å². The molecule has 3 aromatic rings. The summed E-state index contributed by atoms with van der Waals surface area (Å²) in [6, 6.07) is 17.8. The molecule has 0 heterocycles. The van der Waals surface area contributed by atoms with E-state index in [9.17, 15) is 13.2 Å². The minimum atomic E-state index is -3.44. The number of fused-ring (bicyclic) bond motifs is 1. The lowest BCUT2D eigenvalue weighted by Crippen LogP contribution is -2.25. The Morgan fingerprint density at radius 1 is 1.04 bits per heavy atom. The van der Waals surface area contributed by atoms with Gasteiger partial charge in [-0.15, -0.1) is 0 Å². The fraction of sp³-hybridized carbons (Fsp3) is 0.105. The number of nitrogens with zero attached hydrogens (tertiary/aromatic N) is 1. The molecule has 0 aliphatic heterocycles. The molecule has 1 amide bonds. The third kappa shape index (κ3) is 3.66. The van der Waals surface area contributed by atoms with Crippen LogP contribution in [0.4, 0.5) is 11.4 Å². The van der Waals surface area contributed by atoms with E-state index in [1.54, 1.807) is 12.1 Å². The molecule has 0 aromatic heterocycles. The summed E-state index contributed by atoms with van der Waals surface area (Å²) in [7, 11) is -2.02. The Morgan fingerprint density at radius 3 is 2.46 bits per heavy atom. The second-order valence-electron chi connectivity index (χ2n) is 5.88. The predicted octanol–water partition coefficient (Wildman–Crippen LogP) is 4.14. The topological polar surface area (TPSA) is 66.5 Å². The number of benzene rings is 3. The first kappa shape index (κ1) is 18.2. The Kier molecular flexibility index (Phi) is 4.89. The number of amides is 1. The Hall–Kier alpha value is -2.57. The van der Waals surface area contributed by atoms with E-state index in [0.29, 0.717) is 11.4 Å². The number of hydrogen-bond acceptors (Lipinski definition) is 3. The van der Waals surface area contributed by atoms with E-state index in [4.69, 9.17) is 11.6 Å². The third-order valence-electron chi connectivity index (χ3n) is 4.09. The fourth-order valence-electron chi connectivity index (χ4n) is 2.60. The van der Waals surface area contributed by atoms with Crippen LogP contribution >= 0.6 is 11.6 Å². The smallest absolute Gasteiger partial charge is 0.257 e. The van der Waals surface area contributed by atoms with Crippen molar-refractivity contribution in [3.05, 3.63) is 71.2 Å². The van der Waals surface area contributed by atoms with Crippen molar-refractivity contribution in [3.63, 3.8) is 0 Å². The van der Waals surface area contributed by atoms with Crippen LogP contribution < -0.4 is 9.62 Å². The Labute approximate surface area is 157 Å². The highest BCUT2D eigenvalue weighted by Gasteiger charge is 2.17. The van der Waals surface area contributed by atoms with E-state index in [1.165, 1.54) is 19.2 Å². The SMILES string of the molecule is CN(c1ccc(Cl)c(C(=O)Nc2cccc3ccccc23)c1)S(C)(=O)=O. The molecule has 0 fully saturated rings. The zero-order valence-corrected chi connectivity index (χ0v) is 15.8. The van der Waals surface area contributed by atoms with Gasteiger partial charge in [-0.3, -0.25) is 9.10 Å². The molecule has 134 valence electrons. The van der Waals surface area contributed by atoms with Gasteiger partial charge in [0, 0.05) is 18.1 Å². The summed E-state index contributed by atoms with van der Waals surface area (Å²) >= 11 is 6.17. The lowest BCUT2D eigenvalue weighted by Gasteiger charge is -2.18. The van der Waals surface area contributed by atoms with Gasteiger partial charge >= 0.3 is 0 Å². The van der Waals surface area contributed by atoms with Crippen LogP contribution in [0.3, 0.4) is 0 Å². The van der Waals surface area contributed by atoms with Gasteiger partial charge in [-0.2, -0.15) is 0 Å². The number of hydrogen-bond donors (Lipinski definition) is 1. The van der Waals surface area contributed by atoms with E-state index in [2.05, 4.69) is 5.32 Å². The van der Waals surface area contributed by atoms with Crippen molar-refractivity contribution in [2.24, 2.45) is 0 Å². The predicted molar refractivity (Wildman–Crippen MR) is 107 cm³/mol. The molecular weight excluding hydrogens is 372 g/mol. The molecule has 7 heteroatoms. The quantitative estimate of drug-likeness (QED) is 0.730. The van der Waals surface area contributed by atoms with Crippen molar-refractivity contribution in [1.82, 2.24) is 0 Å². The van der Waals surface area contributed by atoms with Crippen LogP contribution in [0.25, 0.3) is 10.8 Å². The Bertz CT molecular complexity index is 1090. The van der Waals surface area contributed by atoms with E-state index in [1.807, 2.05) is 36.4 Å². The minimum Gasteiger partial charge on any atom is -0.321 e. The average Bonchev–Trinajstić information content (AvgIpc) is 2.61. The molecule has 0 bridgehead atoms. The maximum absolute atomic E-state index is 12.7. The maximum atomic E-state index is 12.7. The van der Waals surface area contributed by atoms with Crippen molar-refractivity contribution in [1.29, 1.82) is 0 Å². The molecule has 0 aliphatic rings. The van der Waals surface area contributed by atoms with Gasteiger partial charge in [0.2, 0.25) is 10.0 Å². The van der Waals surface area contributed by atoms with Crippen molar-refractivity contribution >= 4 is 49.7 Å². The molecular formula is C19H17ClN2O3S.